The molecule has 0 spiro atoms. The summed E-state index contributed by atoms with van der Waals surface area (Å²) >= 11 is 6.21. The highest BCUT2D eigenvalue weighted by molar-refractivity contribution is 6.31. The maximum absolute atomic E-state index is 14.2. The minimum Gasteiger partial charge on any atom is -0.369 e. The summed E-state index contributed by atoms with van der Waals surface area (Å²) in [7, 11) is 0. The van der Waals surface area contributed by atoms with Gasteiger partial charge in [0.15, 0.2) is 0 Å². The second-order valence-electron chi connectivity index (χ2n) is 5.75. The number of piperazine rings is 1. The third-order valence-corrected chi connectivity index (χ3v) is 4.76. The third kappa shape index (κ3) is 3.50. The summed E-state index contributed by atoms with van der Waals surface area (Å²) in [6, 6.07) is 15.0. The Hall–Kier alpha value is -1.62. The molecule has 1 fully saturated rings. The van der Waals surface area contributed by atoms with E-state index in [0.717, 1.165) is 26.2 Å². The highest BCUT2D eigenvalue weighted by atomic mass is 35.5. The average Bonchev–Trinajstić information content (AvgIpc) is 2.59. The molecule has 3 nitrogen and oxygen atoms in total. The van der Waals surface area contributed by atoms with Crippen LogP contribution in [0.3, 0.4) is 0 Å². The second-order valence-corrected chi connectivity index (χ2v) is 6.15. The highest BCUT2D eigenvalue weighted by Gasteiger charge is 2.27. The Balaban J connectivity index is 1.73. The number of anilines is 1. The molecule has 1 heterocycles. The number of rotatable bonds is 4. The van der Waals surface area contributed by atoms with E-state index in [1.807, 2.05) is 18.2 Å². The molecule has 1 saturated heterocycles. The molecule has 0 bridgehead atoms. The lowest BCUT2D eigenvalue weighted by molar-refractivity contribution is 0.187. The van der Waals surface area contributed by atoms with Crippen LogP contribution in [0.25, 0.3) is 0 Å². The van der Waals surface area contributed by atoms with Gasteiger partial charge in [0.2, 0.25) is 0 Å². The molecule has 122 valence electrons. The Morgan fingerprint density at radius 2 is 1.70 bits per heavy atom. The van der Waals surface area contributed by atoms with Crippen molar-refractivity contribution in [1.82, 2.24) is 4.90 Å². The standard InChI is InChI=1S/C18H21ClFN3/c19-15-7-4-8-16(20)18(15)17(13-21)23-11-9-22(10-12-23)14-5-2-1-3-6-14/h1-8,17H,9-13,21H2. The van der Waals surface area contributed by atoms with E-state index in [9.17, 15) is 4.39 Å². The summed E-state index contributed by atoms with van der Waals surface area (Å²) in [5, 5.41) is 0.450. The molecule has 0 saturated carbocycles. The molecule has 23 heavy (non-hydrogen) atoms. The average molecular weight is 334 g/mol. The largest absolute Gasteiger partial charge is 0.369 e. The summed E-state index contributed by atoms with van der Waals surface area (Å²) < 4.78 is 14.2. The van der Waals surface area contributed by atoms with E-state index < -0.39 is 0 Å². The number of hydrogen-bond donors (Lipinski definition) is 1. The van der Waals surface area contributed by atoms with E-state index >= 15 is 0 Å². The van der Waals surface area contributed by atoms with Crippen molar-refractivity contribution in [3.8, 4) is 0 Å². The molecule has 3 rings (SSSR count). The predicted octanol–water partition coefficient (Wildman–Crippen LogP) is 3.30. The van der Waals surface area contributed by atoms with Gasteiger partial charge in [0, 0.05) is 49.0 Å². The number of halogens is 2. The quantitative estimate of drug-likeness (QED) is 0.931. The van der Waals surface area contributed by atoms with Crippen molar-refractivity contribution in [2.24, 2.45) is 5.73 Å². The van der Waals surface area contributed by atoms with E-state index in [-0.39, 0.29) is 11.9 Å². The van der Waals surface area contributed by atoms with Crippen LogP contribution in [-0.4, -0.2) is 37.6 Å². The molecule has 2 N–H and O–H groups in total. The van der Waals surface area contributed by atoms with Gasteiger partial charge in [-0.25, -0.2) is 4.39 Å². The lowest BCUT2D eigenvalue weighted by Crippen LogP contribution is -2.49. The topological polar surface area (TPSA) is 32.5 Å². The number of benzene rings is 2. The molecule has 0 aromatic heterocycles. The lowest BCUT2D eigenvalue weighted by Gasteiger charge is -2.40. The molecule has 0 aliphatic carbocycles. The van der Waals surface area contributed by atoms with E-state index in [1.165, 1.54) is 11.8 Å². The van der Waals surface area contributed by atoms with E-state index in [0.29, 0.717) is 17.1 Å². The van der Waals surface area contributed by atoms with Gasteiger partial charge < -0.3 is 10.6 Å². The van der Waals surface area contributed by atoms with Crippen molar-refractivity contribution in [2.75, 3.05) is 37.6 Å². The van der Waals surface area contributed by atoms with E-state index in [1.54, 1.807) is 12.1 Å². The molecule has 5 heteroatoms. The third-order valence-electron chi connectivity index (χ3n) is 4.43. The van der Waals surface area contributed by atoms with Gasteiger partial charge in [-0.15, -0.1) is 0 Å². The highest BCUT2D eigenvalue weighted by Crippen LogP contribution is 2.30. The van der Waals surface area contributed by atoms with Gasteiger partial charge in [0.25, 0.3) is 0 Å². The van der Waals surface area contributed by atoms with Crippen LogP contribution < -0.4 is 10.6 Å². The summed E-state index contributed by atoms with van der Waals surface area (Å²) in [6.45, 7) is 3.81. The van der Waals surface area contributed by atoms with Gasteiger partial charge in [-0.2, -0.15) is 0 Å². The Morgan fingerprint density at radius 3 is 2.30 bits per heavy atom. The number of para-hydroxylation sites is 1. The van der Waals surface area contributed by atoms with Crippen molar-refractivity contribution in [3.63, 3.8) is 0 Å². The molecule has 1 aliphatic heterocycles. The lowest BCUT2D eigenvalue weighted by atomic mass is 10.0. The maximum atomic E-state index is 14.2. The van der Waals surface area contributed by atoms with Gasteiger partial charge in [-0.05, 0) is 24.3 Å². The number of nitrogens with two attached hydrogens (primary N) is 1. The smallest absolute Gasteiger partial charge is 0.129 e. The normalized spacial score (nSPS) is 17.3. The first-order valence-corrected chi connectivity index (χ1v) is 8.26. The van der Waals surface area contributed by atoms with Crippen molar-refractivity contribution in [1.29, 1.82) is 0 Å². The van der Waals surface area contributed by atoms with Gasteiger partial charge in [-0.3, -0.25) is 4.90 Å². The zero-order valence-corrected chi connectivity index (χ0v) is 13.7. The van der Waals surface area contributed by atoms with Gasteiger partial charge in [-0.1, -0.05) is 35.9 Å². The molecule has 2 aromatic carbocycles. The summed E-state index contributed by atoms with van der Waals surface area (Å²) in [5.74, 6) is -0.279. The fourth-order valence-corrected chi connectivity index (χ4v) is 3.50. The summed E-state index contributed by atoms with van der Waals surface area (Å²) in [5.41, 5.74) is 7.68. The van der Waals surface area contributed by atoms with Crippen LogP contribution in [0.1, 0.15) is 11.6 Å². The SMILES string of the molecule is NCC(c1c(F)cccc1Cl)N1CCN(c2ccccc2)CC1. The maximum Gasteiger partial charge on any atom is 0.129 e. The number of nitrogens with zero attached hydrogens (tertiary/aromatic N) is 2. The van der Waals surface area contributed by atoms with Crippen LogP contribution >= 0.6 is 11.6 Å². The van der Waals surface area contributed by atoms with E-state index in [2.05, 4.69) is 21.9 Å². The Labute approximate surface area is 141 Å². The van der Waals surface area contributed by atoms with E-state index in [4.69, 9.17) is 17.3 Å². The predicted molar refractivity (Wildman–Crippen MR) is 93.4 cm³/mol. The molecular formula is C18H21ClFN3. The Kier molecular flexibility index (Phi) is 5.16. The number of hydrogen-bond acceptors (Lipinski definition) is 3. The van der Waals surface area contributed by atoms with Crippen LogP contribution in [0.15, 0.2) is 48.5 Å². The minimum absolute atomic E-state index is 0.179. The van der Waals surface area contributed by atoms with Gasteiger partial charge in [0.05, 0.1) is 6.04 Å². The van der Waals surface area contributed by atoms with Crippen molar-refractivity contribution in [2.45, 2.75) is 6.04 Å². The zero-order valence-electron chi connectivity index (χ0n) is 13.0. The summed E-state index contributed by atoms with van der Waals surface area (Å²) in [6.07, 6.45) is 0. The van der Waals surface area contributed by atoms with Gasteiger partial charge >= 0.3 is 0 Å². The monoisotopic (exact) mass is 333 g/mol. The van der Waals surface area contributed by atoms with Crippen LogP contribution in [0.4, 0.5) is 10.1 Å². The molecule has 1 unspecified atom stereocenters. The second kappa shape index (κ2) is 7.30. The fraction of sp³-hybridized carbons (Fsp3) is 0.333. The van der Waals surface area contributed by atoms with Crippen molar-refractivity contribution in [3.05, 3.63) is 64.9 Å². The first-order chi connectivity index (χ1) is 11.2. The molecule has 1 atom stereocenters. The first kappa shape index (κ1) is 16.2. The van der Waals surface area contributed by atoms with Crippen LogP contribution in [-0.2, 0) is 0 Å². The van der Waals surface area contributed by atoms with Crippen molar-refractivity contribution >= 4 is 17.3 Å². The van der Waals surface area contributed by atoms with Crippen LogP contribution in [0, 0.1) is 5.82 Å². The Bertz CT molecular complexity index is 622. The van der Waals surface area contributed by atoms with Crippen molar-refractivity contribution < 1.29 is 4.39 Å². The Morgan fingerprint density at radius 1 is 1.00 bits per heavy atom. The molecule has 1 aliphatic rings. The van der Waals surface area contributed by atoms with Crippen LogP contribution in [0.2, 0.25) is 5.02 Å². The molecule has 0 radical (unpaired) electrons. The molecule has 0 amide bonds. The fourth-order valence-electron chi connectivity index (χ4n) is 3.21. The van der Waals surface area contributed by atoms with Crippen LogP contribution in [0.5, 0.6) is 0 Å². The minimum atomic E-state index is -0.279. The molecular weight excluding hydrogens is 313 g/mol. The summed E-state index contributed by atoms with van der Waals surface area (Å²) in [4.78, 5) is 4.57. The molecule has 2 aromatic rings. The van der Waals surface area contributed by atoms with Gasteiger partial charge in [0.1, 0.15) is 5.82 Å². The zero-order chi connectivity index (χ0) is 16.2. The first-order valence-electron chi connectivity index (χ1n) is 7.88.